The molecular formula is C11H20OSi. The number of hydrogen-bond donors (Lipinski definition) is 0. The normalized spacial score (nSPS) is 18.5. The molecule has 1 nitrogen and oxygen atoms in total. The van der Waals surface area contributed by atoms with Crippen molar-refractivity contribution >= 4 is 8.32 Å². The molecule has 0 heterocycles. The number of allylic oxidation sites excluding steroid dienone is 4. The van der Waals surface area contributed by atoms with E-state index in [4.69, 9.17) is 4.43 Å². The molecule has 1 aliphatic carbocycles. The zero-order valence-corrected chi connectivity index (χ0v) is 10.1. The van der Waals surface area contributed by atoms with Crippen LogP contribution in [0.3, 0.4) is 0 Å². The van der Waals surface area contributed by atoms with Gasteiger partial charge in [0.2, 0.25) is 0 Å². The Morgan fingerprint density at radius 3 is 2.23 bits per heavy atom. The van der Waals surface area contributed by atoms with Crippen LogP contribution in [0.15, 0.2) is 24.3 Å². The fourth-order valence-electron chi connectivity index (χ4n) is 1.74. The molecule has 0 spiro atoms. The minimum Gasteiger partial charge on any atom is -0.414 e. The molecule has 0 amide bonds. The van der Waals surface area contributed by atoms with Gasteiger partial charge in [0.15, 0.2) is 8.32 Å². The zero-order valence-electron chi connectivity index (χ0n) is 9.08. The van der Waals surface area contributed by atoms with Gasteiger partial charge in [-0.05, 0) is 33.4 Å². The van der Waals surface area contributed by atoms with Crippen molar-refractivity contribution in [1.82, 2.24) is 0 Å². The minimum absolute atomic E-state index is 0.352. The monoisotopic (exact) mass is 196 g/mol. The fourth-order valence-corrected chi connectivity index (χ4v) is 4.31. The summed E-state index contributed by atoms with van der Waals surface area (Å²) < 4.78 is 6.01. The van der Waals surface area contributed by atoms with E-state index in [1.807, 2.05) is 0 Å². The molecule has 0 aromatic rings. The van der Waals surface area contributed by atoms with Crippen LogP contribution in [0.5, 0.6) is 0 Å². The van der Waals surface area contributed by atoms with E-state index < -0.39 is 8.32 Å². The topological polar surface area (TPSA) is 9.23 Å². The maximum absolute atomic E-state index is 6.01. The standard InChI is InChI=1S/C11H20OSi/c1-10(2)12-13(3,4)11-8-6-5-7-9-11/h6-11H,5H2,1-4H3. The van der Waals surface area contributed by atoms with Gasteiger partial charge >= 0.3 is 0 Å². The molecule has 0 bridgehead atoms. The molecule has 74 valence electrons. The van der Waals surface area contributed by atoms with Gasteiger partial charge in [-0.25, -0.2) is 0 Å². The Labute approximate surface area is 82.6 Å². The van der Waals surface area contributed by atoms with E-state index in [9.17, 15) is 0 Å². The Hall–Kier alpha value is -0.343. The zero-order chi connectivity index (χ0) is 9.90. The van der Waals surface area contributed by atoms with Gasteiger partial charge in [-0.15, -0.1) is 0 Å². The highest BCUT2D eigenvalue weighted by molar-refractivity contribution is 6.73. The first-order valence-corrected chi connectivity index (χ1v) is 8.02. The van der Waals surface area contributed by atoms with Crippen LogP contribution in [0.2, 0.25) is 18.6 Å². The molecule has 0 aromatic carbocycles. The van der Waals surface area contributed by atoms with Crippen molar-refractivity contribution in [2.24, 2.45) is 0 Å². The summed E-state index contributed by atoms with van der Waals surface area (Å²) >= 11 is 0. The Bertz CT molecular complexity index is 204. The third-order valence-electron chi connectivity index (χ3n) is 2.30. The van der Waals surface area contributed by atoms with Gasteiger partial charge in [0.25, 0.3) is 0 Å². The molecule has 0 unspecified atom stereocenters. The van der Waals surface area contributed by atoms with Crippen molar-refractivity contribution < 1.29 is 4.43 Å². The van der Waals surface area contributed by atoms with E-state index in [0.29, 0.717) is 11.6 Å². The smallest absolute Gasteiger partial charge is 0.197 e. The Balaban J connectivity index is 2.61. The van der Waals surface area contributed by atoms with E-state index in [-0.39, 0.29) is 0 Å². The lowest BCUT2D eigenvalue weighted by atomic mass is 10.2. The molecule has 1 aliphatic rings. The molecule has 0 saturated heterocycles. The second-order valence-corrected chi connectivity index (χ2v) is 8.50. The lowest BCUT2D eigenvalue weighted by molar-refractivity contribution is 0.230. The van der Waals surface area contributed by atoms with E-state index >= 15 is 0 Å². The van der Waals surface area contributed by atoms with Crippen LogP contribution in [0.4, 0.5) is 0 Å². The SMILES string of the molecule is CC(C)O[Si](C)(C)C1C=CCC=C1. The van der Waals surface area contributed by atoms with Crippen molar-refractivity contribution in [1.29, 1.82) is 0 Å². The Morgan fingerprint density at radius 1 is 1.23 bits per heavy atom. The second kappa shape index (κ2) is 4.25. The van der Waals surface area contributed by atoms with Crippen LogP contribution < -0.4 is 0 Å². The lowest BCUT2D eigenvalue weighted by Gasteiger charge is -2.31. The number of rotatable bonds is 3. The summed E-state index contributed by atoms with van der Waals surface area (Å²) in [5.41, 5.74) is 0.559. The predicted octanol–water partition coefficient (Wildman–Crippen LogP) is 3.50. The molecule has 0 radical (unpaired) electrons. The van der Waals surface area contributed by atoms with Gasteiger partial charge in [-0.2, -0.15) is 0 Å². The van der Waals surface area contributed by atoms with Crippen molar-refractivity contribution in [3.8, 4) is 0 Å². The van der Waals surface area contributed by atoms with Crippen LogP contribution in [0, 0.1) is 0 Å². The van der Waals surface area contributed by atoms with E-state index in [2.05, 4.69) is 51.2 Å². The van der Waals surface area contributed by atoms with Gasteiger partial charge in [-0.3, -0.25) is 0 Å². The molecule has 0 aliphatic heterocycles. The third-order valence-corrected chi connectivity index (χ3v) is 5.37. The Morgan fingerprint density at radius 2 is 1.77 bits per heavy atom. The highest BCUT2D eigenvalue weighted by Gasteiger charge is 2.31. The molecule has 1 rings (SSSR count). The third kappa shape index (κ3) is 3.12. The molecule has 0 aromatic heterocycles. The van der Waals surface area contributed by atoms with Crippen molar-refractivity contribution in [2.75, 3.05) is 0 Å². The first-order valence-electron chi connectivity index (χ1n) is 5.03. The Kier molecular flexibility index (Phi) is 3.51. The van der Waals surface area contributed by atoms with Gasteiger partial charge in [0.05, 0.1) is 0 Å². The van der Waals surface area contributed by atoms with Crippen LogP contribution in [0.25, 0.3) is 0 Å². The van der Waals surface area contributed by atoms with E-state index in [0.717, 1.165) is 6.42 Å². The average molecular weight is 196 g/mol. The lowest BCUT2D eigenvalue weighted by Crippen LogP contribution is -2.37. The highest BCUT2D eigenvalue weighted by Crippen LogP contribution is 2.29. The fraction of sp³-hybridized carbons (Fsp3) is 0.636. The van der Waals surface area contributed by atoms with Gasteiger partial charge in [-0.1, -0.05) is 24.3 Å². The van der Waals surface area contributed by atoms with Gasteiger partial charge in [0, 0.05) is 11.6 Å². The first-order chi connectivity index (χ1) is 6.02. The quantitative estimate of drug-likeness (QED) is 0.496. The van der Waals surface area contributed by atoms with Crippen LogP contribution in [0.1, 0.15) is 20.3 Å². The number of hydrogen-bond acceptors (Lipinski definition) is 1. The largest absolute Gasteiger partial charge is 0.414 e. The van der Waals surface area contributed by atoms with Crippen LogP contribution in [-0.4, -0.2) is 14.4 Å². The summed E-state index contributed by atoms with van der Waals surface area (Å²) in [5, 5.41) is 0. The summed E-state index contributed by atoms with van der Waals surface area (Å²) in [7, 11) is -1.54. The summed E-state index contributed by atoms with van der Waals surface area (Å²) in [6.45, 7) is 8.81. The predicted molar refractivity (Wildman–Crippen MR) is 60.4 cm³/mol. The maximum atomic E-state index is 6.01. The summed E-state index contributed by atoms with van der Waals surface area (Å²) in [4.78, 5) is 0. The molecule has 0 fully saturated rings. The van der Waals surface area contributed by atoms with E-state index in [1.165, 1.54) is 0 Å². The van der Waals surface area contributed by atoms with Crippen molar-refractivity contribution in [2.45, 2.75) is 45.0 Å². The molecule has 0 saturated carbocycles. The van der Waals surface area contributed by atoms with Crippen LogP contribution >= 0.6 is 0 Å². The summed E-state index contributed by atoms with van der Waals surface area (Å²) in [6.07, 6.45) is 10.5. The van der Waals surface area contributed by atoms with Crippen molar-refractivity contribution in [3.63, 3.8) is 0 Å². The van der Waals surface area contributed by atoms with Crippen molar-refractivity contribution in [3.05, 3.63) is 24.3 Å². The van der Waals surface area contributed by atoms with Gasteiger partial charge in [0.1, 0.15) is 0 Å². The molecule has 0 atom stereocenters. The molecule has 2 heteroatoms. The molecule has 13 heavy (non-hydrogen) atoms. The minimum atomic E-state index is -1.54. The maximum Gasteiger partial charge on any atom is 0.197 e. The molecule has 0 N–H and O–H groups in total. The highest BCUT2D eigenvalue weighted by atomic mass is 28.4. The van der Waals surface area contributed by atoms with E-state index in [1.54, 1.807) is 0 Å². The van der Waals surface area contributed by atoms with Gasteiger partial charge < -0.3 is 4.43 Å². The van der Waals surface area contributed by atoms with Crippen LogP contribution in [-0.2, 0) is 4.43 Å². The summed E-state index contributed by atoms with van der Waals surface area (Å²) in [5.74, 6) is 0. The summed E-state index contributed by atoms with van der Waals surface area (Å²) in [6, 6.07) is 0. The second-order valence-electron chi connectivity index (χ2n) is 4.39. The first kappa shape index (κ1) is 10.7. The molecular weight excluding hydrogens is 176 g/mol. The average Bonchev–Trinajstić information content (AvgIpc) is 2.04.